The van der Waals surface area contributed by atoms with E-state index in [0.29, 0.717) is 28.7 Å². The molecule has 4 rings (SSSR count). The summed E-state index contributed by atoms with van der Waals surface area (Å²) in [6.45, 7) is 4.64. The van der Waals surface area contributed by atoms with E-state index < -0.39 is 10.0 Å². The number of rotatable bonds is 6. The lowest BCUT2D eigenvalue weighted by Gasteiger charge is -2.30. The Kier molecular flexibility index (Phi) is 6.62. The highest BCUT2D eigenvalue weighted by atomic mass is 32.2. The van der Waals surface area contributed by atoms with Crippen LogP contribution in [0.2, 0.25) is 0 Å². The first-order chi connectivity index (χ1) is 14.0. The van der Waals surface area contributed by atoms with Crippen LogP contribution >= 0.6 is 22.7 Å². The minimum Gasteiger partial charge on any atom is -0.379 e. The van der Waals surface area contributed by atoms with Gasteiger partial charge >= 0.3 is 0 Å². The van der Waals surface area contributed by atoms with Crippen molar-refractivity contribution in [3.8, 4) is 0 Å². The predicted octanol–water partition coefficient (Wildman–Crippen LogP) is 2.08. The molecule has 29 heavy (non-hydrogen) atoms. The van der Waals surface area contributed by atoms with Crippen LogP contribution in [0.5, 0.6) is 0 Å². The number of anilines is 1. The second-order valence-electron chi connectivity index (χ2n) is 7.16. The van der Waals surface area contributed by atoms with Crippen LogP contribution in [0.25, 0.3) is 0 Å². The quantitative estimate of drug-likeness (QED) is 0.716. The van der Waals surface area contributed by atoms with Gasteiger partial charge in [0.05, 0.1) is 24.8 Å². The molecular formula is C18H24N4O4S3. The van der Waals surface area contributed by atoms with Gasteiger partial charge in [-0.15, -0.1) is 22.7 Å². The molecule has 158 valence electrons. The van der Waals surface area contributed by atoms with Crippen LogP contribution in [0.3, 0.4) is 0 Å². The normalized spacial score (nSPS) is 21.9. The number of carbonyl (C=O) groups excluding carboxylic acids is 1. The second kappa shape index (κ2) is 9.19. The summed E-state index contributed by atoms with van der Waals surface area (Å²) in [7, 11) is -3.53. The first-order valence-electron chi connectivity index (χ1n) is 9.61. The Morgan fingerprint density at radius 3 is 2.86 bits per heavy atom. The highest BCUT2D eigenvalue weighted by Crippen LogP contribution is 2.27. The number of nitrogens with zero attached hydrogens (tertiary/aromatic N) is 3. The number of hydrogen-bond acceptors (Lipinski definition) is 8. The van der Waals surface area contributed by atoms with Crippen molar-refractivity contribution in [2.24, 2.45) is 5.92 Å². The van der Waals surface area contributed by atoms with Crippen LogP contribution in [0.1, 0.15) is 18.5 Å². The maximum atomic E-state index is 12.7. The van der Waals surface area contributed by atoms with Crippen LogP contribution in [0, 0.1) is 5.92 Å². The number of piperidine rings is 1. The minimum absolute atomic E-state index is 0.164. The SMILES string of the molecule is O=C(Nc1nc(CN2CCOCC2)cs1)C1CCCN(S(=O)(=O)c2cccs2)C1. The van der Waals surface area contributed by atoms with E-state index in [1.807, 2.05) is 5.38 Å². The van der Waals surface area contributed by atoms with Crippen molar-refractivity contribution in [3.05, 3.63) is 28.6 Å². The fourth-order valence-electron chi connectivity index (χ4n) is 3.55. The largest absolute Gasteiger partial charge is 0.379 e. The van der Waals surface area contributed by atoms with Gasteiger partial charge in [-0.2, -0.15) is 4.31 Å². The molecule has 1 unspecified atom stereocenters. The van der Waals surface area contributed by atoms with Gasteiger partial charge in [-0.25, -0.2) is 13.4 Å². The smallest absolute Gasteiger partial charge is 0.252 e. The van der Waals surface area contributed by atoms with E-state index in [1.165, 1.54) is 27.0 Å². The van der Waals surface area contributed by atoms with Crippen molar-refractivity contribution < 1.29 is 17.9 Å². The van der Waals surface area contributed by atoms with Crippen molar-refractivity contribution in [2.45, 2.75) is 23.6 Å². The van der Waals surface area contributed by atoms with Crippen LogP contribution in [0.15, 0.2) is 27.1 Å². The lowest BCUT2D eigenvalue weighted by Crippen LogP contribution is -2.43. The van der Waals surface area contributed by atoms with E-state index in [4.69, 9.17) is 4.74 Å². The summed E-state index contributed by atoms with van der Waals surface area (Å²) in [5, 5.41) is 7.15. The molecule has 2 fully saturated rings. The molecule has 2 aliphatic heterocycles. The molecule has 2 aliphatic rings. The third-order valence-corrected chi connectivity index (χ3v) is 9.16. The fourth-order valence-corrected chi connectivity index (χ4v) is 6.92. The number of aromatic nitrogens is 1. The maximum absolute atomic E-state index is 12.7. The molecule has 0 aromatic carbocycles. The summed E-state index contributed by atoms with van der Waals surface area (Å²) in [6.07, 6.45) is 1.34. The van der Waals surface area contributed by atoms with Gasteiger partial charge in [0, 0.05) is 38.1 Å². The molecule has 0 bridgehead atoms. The monoisotopic (exact) mass is 456 g/mol. The Balaban J connectivity index is 1.35. The lowest BCUT2D eigenvalue weighted by atomic mass is 9.99. The Morgan fingerprint density at radius 2 is 2.10 bits per heavy atom. The summed E-state index contributed by atoms with van der Waals surface area (Å²) < 4.78 is 32.6. The van der Waals surface area contributed by atoms with E-state index in [1.54, 1.807) is 17.5 Å². The van der Waals surface area contributed by atoms with Gasteiger partial charge in [0.25, 0.3) is 10.0 Å². The molecule has 0 spiro atoms. The fraction of sp³-hybridized carbons (Fsp3) is 0.556. The van der Waals surface area contributed by atoms with E-state index >= 15 is 0 Å². The molecule has 0 saturated carbocycles. The van der Waals surface area contributed by atoms with E-state index in [-0.39, 0.29) is 18.4 Å². The average Bonchev–Trinajstić information content (AvgIpc) is 3.42. The van der Waals surface area contributed by atoms with Gasteiger partial charge in [-0.3, -0.25) is 9.69 Å². The van der Waals surface area contributed by atoms with E-state index in [9.17, 15) is 13.2 Å². The molecule has 2 aromatic rings. The first-order valence-corrected chi connectivity index (χ1v) is 12.8. The second-order valence-corrected chi connectivity index (χ2v) is 11.1. The molecule has 0 radical (unpaired) electrons. The number of amides is 1. The number of thiazole rings is 1. The highest BCUT2D eigenvalue weighted by molar-refractivity contribution is 7.91. The van der Waals surface area contributed by atoms with Crippen molar-refractivity contribution in [1.29, 1.82) is 0 Å². The topological polar surface area (TPSA) is 91.8 Å². The van der Waals surface area contributed by atoms with Crippen molar-refractivity contribution >= 4 is 43.7 Å². The highest BCUT2D eigenvalue weighted by Gasteiger charge is 2.34. The summed E-state index contributed by atoms with van der Waals surface area (Å²) in [5.41, 5.74) is 0.928. The van der Waals surface area contributed by atoms with Gasteiger partial charge in [-0.1, -0.05) is 6.07 Å². The molecule has 1 atom stereocenters. The van der Waals surface area contributed by atoms with Crippen molar-refractivity contribution in [1.82, 2.24) is 14.2 Å². The molecule has 1 N–H and O–H groups in total. The van der Waals surface area contributed by atoms with Gasteiger partial charge < -0.3 is 10.1 Å². The van der Waals surface area contributed by atoms with Crippen LogP contribution < -0.4 is 5.32 Å². The zero-order valence-corrected chi connectivity index (χ0v) is 18.4. The maximum Gasteiger partial charge on any atom is 0.252 e. The van der Waals surface area contributed by atoms with Crippen LogP contribution in [0.4, 0.5) is 5.13 Å². The predicted molar refractivity (Wildman–Crippen MR) is 113 cm³/mol. The summed E-state index contributed by atoms with van der Waals surface area (Å²) in [5.74, 6) is -0.534. The molecule has 2 aromatic heterocycles. The number of nitrogens with one attached hydrogen (secondary N) is 1. The number of thiophene rings is 1. The number of hydrogen-bond donors (Lipinski definition) is 1. The average molecular weight is 457 g/mol. The summed E-state index contributed by atoms with van der Waals surface area (Å²) in [4.78, 5) is 19.5. The van der Waals surface area contributed by atoms with Crippen molar-refractivity contribution in [2.75, 3.05) is 44.7 Å². The van der Waals surface area contributed by atoms with Gasteiger partial charge in [0.15, 0.2) is 5.13 Å². The van der Waals surface area contributed by atoms with Crippen LogP contribution in [-0.2, 0) is 26.1 Å². The van der Waals surface area contributed by atoms with Crippen LogP contribution in [-0.4, -0.2) is 67.9 Å². The van der Waals surface area contributed by atoms with Gasteiger partial charge in [-0.05, 0) is 24.3 Å². The number of carbonyl (C=O) groups is 1. The minimum atomic E-state index is -3.53. The molecular weight excluding hydrogens is 432 g/mol. The molecule has 8 nitrogen and oxygen atoms in total. The molecule has 11 heteroatoms. The lowest BCUT2D eigenvalue weighted by molar-refractivity contribution is -0.120. The van der Waals surface area contributed by atoms with Gasteiger partial charge in [0.1, 0.15) is 4.21 Å². The van der Waals surface area contributed by atoms with E-state index in [0.717, 1.165) is 38.5 Å². The summed E-state index contributed by atoms with van der Waals surface area (Å²) >= 11 is 2.61. The standard InChI is InChI=1S/C18H24N4O4S3/c23-17(20-18-19-15(13-28-18)12-21-6-8-26-9-7-21)14-3-1-5-22(11-14)29(24,25)16-4-2-10-27-16/h2,4,10,13-14H,1,3,5-9,11-12H2,(H,19,20,23). The number of morpholine rings is 1. The number of sulfonamides is 1. The summed E-state index contributed by atoms with van der Waals surface area (Å²) in [6, 6.07) is 3.33. The molecule has 0 aliphatic carbocycles. The zero-order valence-electron chi connectivity index (χ0n) is 16.0. The Labute approximate surface area is 178 Å². The Hall–Kier alpha value is -1.37. The molecule has 1 amide bonds. The van der Waals surface area contributed by atoms with Crippen molar-refractivity contribution in [3.63, 3.8) is 0 Å². The Morgan fingerprint density at radius 1 is 1.28 bits per heavy atom. The first kappa shape index (κ1) is 20.9. The molecule has 4 heterocycles. The zero-order chi connectivity index (χ0) is 20.3. The van der Waals surface area contributed by atoms with E-state index in [2.05, 4.69) is 15.2 Å². The third-order valence-electron chi connectivity index (χ3n) is 5.12. The third kappa shape index (κ3) is 5.04. The number of ether oxygens (including phenoxy) is 1. The Bertz CT molecular complexity index is 923. The molecule has 2 saturated heterocycles. The van der Waals surface area contributed by atoms with Gasteiger partial charge in [0.2, 0.25) is 5.91 Å².